The van der Waals surface area contributed by atoms with Crippen LogP contribution in [0.5, 0.6) is 23.0 Å². The minimum atomic E-state index is -0.180. The highest BCUT2D eigenvalue weighted by Gasteiger charge is 2.28. The summed E-state index contributed by atoms with van der Waals surface area (Å²) in [5.74, 6) is 2.63. The Kier molecular flexibility index (Phi) is 8.15. The van der Waals surface area contributed by atoms with Crippen molar-refractivity contribution in [2.24, 2.45) is 10.9 Å². The predicted molar refractivity (Wildman–Crippen MR) is 144 cm³/mol. The molecule has 0 spiro atoms. The van der Waals surface area contributed by atoms with Crippen LogP contribution in [0.2, 0.25) is 0 Å². The van der Waals surface area contributed by atoms with E-state index in [1.165, 1.54) is 4.88 Å². The molecule has 0 saturated carbocycles. The van der Waals surface area contributed by atoms with Crippen LogP contribution in [0.3, 0.4) is 0 Å². The van der Waals surface area contributed by atoms with Gasteiger partial charge in [-0.05, 0) is 61.9 Å². The first kappa shape index (κ1) is 25.6. The molecular formula is C28H32N2O5S. The lowest BCUT2D eigenvalue weighted by Gasteiger charge is -2.19. The Morgan fingerprint density at radius 1 is 1.08 bits per heavy atom. The van der Waals surface area contributed by atoms with Crippen molar-refractivity contribution in [3.05, 3.63) is 58.0 Å². The Labute approximate surface area is 216 Å². The van der Waals surface area contributed by atoms with Crippen LogP contribution in [0.15, 0.2) is 41.4 Å². The van der Waals surface area contributed by atoms with E-state index in [0.29, 0.717) is 51.8 Å². The summed E-state index contributed by atoms with van der Waals surface area (Å²) in [6.45, 7) is 4.68. The number of carbonyl (C=O) groups excluding carboxylic acids is 1. The van der Waals surface area contributed by atoms with Crippen molar-refractivity contribution in [3.8, 4) is 23.0 Å². The van der Waals surface area contributed by atoms with Crippen LogP contribution in [0, 0.1) is 5.92 Å². The maximum atomic E-state index is 13.6. The monoisotopic (exact) mass is 508 g/mol. The van der Waals surface area contributed by atoms with E-state index in [0.717, 1.165) is 30.4 Å². The van der Waals surface area contributed by atoms with Crippen molar-refractivity contribution >= 4 is 34.1 Å². The van der Waals surface area contributed by atoms with E-state index >= 15 is 0 Å². The van der Waals surface area contributed by atoms with Gasteiger partial charge in [-0.2, -0.15) is 0 Å². The number of rotatable bonds is 9. The fourth-order valence-electron chi connectivity index (χ4n) is 4.45. The molecule has 190 valence electrons. The summed E-state index contributed by atoms with van der Waals surface area (Å²) >= 11 is 1.58. The van der Waals surface area contributed by atoms with E-state index in [9.17, 15) is 4.79 Å². The van der Waals surface area contributed by atoms with Crippen molar-refractivity contribution in [3.63, 3.8) is 0 Å². The lowest BCUT2D eigenvalue weighted by atomic mass is 9.88. The van der Waals surface area contributed by atoms with Crippen LogP contribution >= 0.6 is 11.3 Å². The highest BCUT2D eigenvalue weighted by atomic mass is 32.1. The molecule has 1 aromatic heterocycles. The number of amides is 1. The molecule has 7 nitrogen and oxygen atoms in total. The number of benzene rings is 2. The van der Waals surface area contributed by atoms with Crippen molar-refractivity contribution in [2.45, 2.75) is 33.1 Å². The Balaban J connectivity index is 1.74. The second-order valence-corrected chi connectivity index (χ2v) is 9.68. The Morgan fingerprint density at radius 2 is 1.86 bits per heavy atom. The number of hydrogen-bond acceptors (Lipinski definition) is 7. The van der Waals surface area contributed by atoms with Gasteiger partial charge in [0.1, 0.15) is 10.8 Å². The minimum absolute atomic E-state index is 0.180. The number of fused-ring (bicyclic) bond motifs is 1. The second-order valence-electron chi connectivity index (χ2n) is 8.60. The van der Waals surface area contributed by atoms with Gasteiger partial charge in [0.15, 0.2) is 11.5 Å². The van der Waals surface area contributed by atoms with Crippen molar-refractivity contribution in [1.29, 1.82) is 0 Å². The summed E-state index contributed by atoms with van der Waals surface area (Å²) in [6, 6.07) is 11.1. The number of hydrogen-bond donors (Lipinski definition) is 1. The molecule has 1 N–H and O–H groups in total. The van der Waals surface area contributed by atoms with Gasteiger partial charge in [-0.15, -0.1) is 11.3 Å². The number of methoxy groups -OCH3 is 3. The zero-order valence-corrected chi connectivity index (χ0v) is 22.2. The van der Waals surface area contributed by atoms with E-state index in [1.807, 2.05) is 43.3 Å². The van der Waals surface area contributed by atoms with Gasteiger partial charge in [0, 0.05) is 16.7 Å². The number of aliphatic imine (C=N–C) groups is 1. The SMILES string of the molecule is CCOc1ccccc1NC(=O)c1c(N=Cc2ccc(OC)c(OC)c2OC)sc2c1CCC(C)C2. The first-order valence-corrected chi connectivity index (χ1v) is 12.8. The Morgan fingerprint density at radius 3 is 2.58 bits per heavy atom. The first-order valence-electron chi connectivity index (χ1n) is 12.0. The number of ether oxygens (including phenoxy) is 4. The van der Waals surface area contributed by atoms with Crippen LogP contribution in [0.25, 0.3) is 0 Å². The molecular weight excluding hydrogens is 476 g/mol. The van der Waals surface area contributed by atoms with Gasteiger partial charge in [0.25, 0.3) is 5.91 Å². The standard InChI is InChI=1S/C28H32N2O5S/c1-6-35-21-10-8-7-9-20(21)30-27(31)24-19-13-11-17(2)15-23(19)36-28(24)29-16-18-12-14-22(32-3)26(34-5)25(18)33-4/h7-10,12,14,16-17H,6,11,13,15H2,1-5H3,(H,30,31). The highest BCUT2D eigenvalue weighted by molar-refractivity contribution is 7.16. The average Bonchev–Trinajstić information content (AvgIpc) is 3.25. The number of para-hydroxylation sites is 2. The summed E-state index contributed by atoms with van der Waals surface area (Å²) in [7, 11) is 4.73. The molecule has 1 unspecified atom stereocenters. The minimum Gasteiger partial charge on any atom is -0.493 e. The molecule has 1 amide bonds. The summed E-state index contributed by atoms with van der Waals surface area (Å²) in [6.07, 6.45) is 4.57. The highest BCUT2D eigenvalue weighted by Crippen LogP contribution is 2.43. The Hall–Kier alpha value is -3.52. The van der Waals surface area contributed by atoms with Crippen LogP contribution < -0.4 is 24.3 Å². The first-order chi connectivity index (χ1) is 17.5. The van der Waals surface area contributed by atoms with Crippen molar-refractivity contribution in [2.75, 3.05) is 33.3 Å². The molecule has 1 atom stereocenters. The van der Waals surface area contributed by atoms with Gasteiger partial charge in [-0.1, -0.05) is 19.1 Å². The molecule has 1 heterocycles. The fraction of sp³-hybridized carbons (Fsp3) is 0.357. The molecule has 1 aliphatic carbocycles. The smallest absolute Gasteiger partial charge is 0.259 e. The molecule has 0 radical (unpaired) electrons. The van der Waals surface area contributed by atoms with Gasteiger partial charge in [0.05, 0.1) is 39.2 Å². The van der Waals surface area contributed by atoms with E-state index in [-0.39, 0.29) is 5.91 Å². The average molecular weight is 509 g/mol. The topological polar surface area (TPSA) is 78.4 Å². The quantitative estimate of drug-likeness (QED) is 0.343. The summed E-state index contributed by atoms with van der Waals surface area (Å²) in [5, 5.41) is 3.74. The lowest BCUT2D eigenvalue weighted by molar-refractivity contribution is 0.102. The molecule has 36 heavy (non-hydrogen) atoms. The predicted octanol–water partition coefficient (Wildman–Crippen LogP) is 6.30. The second kappa shape index (κ2) is 11.5. The van der Waals surface area contributed by atoms with Gasteiger partial charge in [-0.25, -0.2) is 4.99 Å². The van der Waals surface area contributed by atoms with E-state index < -0.39 is 0 Å². The maximum absolute atomic E-state index is 13.6. The molecule has 2 aromatic carbocycles. The third-order valence-electron chi connectivity index (χ3n) is 6.21. The van der Waals surface area contributed by atoms with Gasteiger partial charge in [-0.3, -0.25) is 4.79 Å². The molecule has 0 saturated heterocycles. The molecule has 8 heteroatoms. The maximum Gasteiger partial charge on any atom is 0.259 e. The summed E-state index contributed by atoms with van der Waals surface area (Å²) in [5.41, 5.74) is 3.09. The number of nitrogens with zero attached hydrogens (tertiary/aromatic N) is 1. The van der Waals surface area contributed by atoms with Crippen LogP contribution in [0.1, 0.15) is 46.6 Å². The van der Waals surface area contributed by atoms with Crippen LogP contribution in [-0.4, -0.2) is 40.1 Å². The van der Waals surface area contributed by atoms with Gasteiger partial charge in [0.2, 0.25) is 5.75 Å². The van der Waals surface area contributed by atoms with Crippen molar-refractivity contribution in [1.82, 2.24) is 0 Å². The molecule has 0 aliphatic heterocycles. The van der Waals surface area contributed by atoms with Gasteiger partial charge < -0.3 is 24.3 Å². The van der Waals surface area contributed by atoms with E-state index in [2.05, 4.69) is 12.2 Å². The number of carbonyl (C=O) groups is 1. The Bertz CT molecular complexity index is 1270. The molecule has 0 fully saturated rings. The number of nitrogens with one attached hydrogen (secondary N) is 1. The zero-order chi connectivity index (χ0) is 25.7. The molecule has 3 aromatic rings. The number of thiophene rings is 1. The number of anilines is 1. The third-order valence-corrected chi connectivity index (χ3v) is 7.37. The van der Waals surface area contributed by atoms with Gasteiger partial charge >= 0.3 is 0 Å². The van der Waals surface area contributed by atoms with Crippen LogP contribution in [-0.2, 0) is 12.8 Å². The van der Waals surface area contributed by atoms with Crippen LogP contribution in [0.4, 0.5) is 10.7 Å². The van der Waals surface area contributed by atoms with E-state index in [1.54, 1.807) is 38.9 Å². The molecule has 4 rings (SSSR count). The lowest BCUT2D eigenvalue weighted by Crippen LogP contribution is -2.17. The fourth-order valence-corrected chi connectivity index (χ4v) is 5.80. The zero-order valence-electron chi connectivity index (χ0n) is 21.3. The third kappa shape index (κ3) is 5.18. The van der Waals surface area contributed by atoms with E-state index in [4.69, 9.17) is 23.9 Å². The van der Waals surface area contributed by atoms with Crippen molar-refractivity contribution < 1.29 is 23.7 Å². The normalized spacial score (nSPS) is 14.9. The largest absolute Gasteiger partial charge is 0.493 e. The molecule has 1 aliphatic rings. The summed E-state index contributed by atoms with van der Waals surface area (Å²) in [4.78, 5) is 19.6. The molecule has 0 bridgehead atoms. The summed E-state index contributed by atoms with van der Waals surface area (Å²) < 4.78 is 22.2.